The zero-order valence-corrected chi connectivity index (χ0v) is 16.6. The zero-order chi connectivity index (χ0) is 19.5. The van der Waals surface area contributed by atoms with Gasteiger partial charge in [0.05, 0.1) is 37.5 Å². The Hall–Kier alpha value is -2.78. The highest BCUT2D eigenvalue weighted by Gasteiger charge is 2.18. The molecule has 0 saturated carbocycles. The first-order valence-corrected chi connectivity index (χ1v) is 10.00. The number of thiazole rings is 1. The highest BCUT2D eigenvalue weighted by atomic mass is 32.1. The first kappa shape index (κ1) is 18.6. The molecule has 3 heterocycles. The summed E-state index contributed by atoms with van der Waals surface area (Å²) in [5, 5.41) is 7.46. The predicted molar refractivity (Wildman–Crippen MR) is 107 cm³/mol. The van der Waals surface area contributed by atoms with Gasteiger partial charge in [-0.25, -0.2) is 4.98 Å². The Morgan fingerprint density at radius 2 is 2.29 bits per heavy atom. The number of carbonyl (C=O) groups is 1. The van der Waals surface area contributed by atoms with Crippen LogP contribution in [0.1, 0.15) is 24.6 Å². The molecular weight excluding hydrogens is 378 g/mol. The molecule has 2 aromatic heterocycles. The van der Waals surface area contributed by atoms with Gasteiger partial charge in [0, 0.05) is 24.8 Å². The third-order valence-electron chi connectivity index (χ3n) is 4.68. The molecule has 0 spiro atoms. The Kier molecular flexibility index (Phi) is 5.36. The highest BCUT2D eigenvalue weighted by molar-refractivity contribution is 7.22. The lowest BCUT2D eigenvalue weighted by Crippen LogP contribution is -3.09. The Morgan fingerprint density at radius 1 is 1.39 bits per heavy atom. The van der Waals surface area contributed by atoms with Crippen molar-refractivity contribution in [3.8, 4) is 5.75 Å². The number of rotatable bonds is 6. The molecule has 1 unspecified atom stereocenters. The van der Waals surface area contributed by atoms with E-state index in [9.17, 15) is 4.79 Å². The summed E-state index contributed by atoms with van der Waals surface area (Å²) in [5.41, 5.74) is 1.95. The molecule has 4 rings (SSSR count). The van der Waals surface area contributed by atoms with Gasteiger partial charge in [-0.1, -0.05) is 16.5 Å². The van der Waals surface area contributed by atoms with Crippen LogP contribution in [-0.4, -0.2) is 48.3 Å². The van der Waals surface area contributed by atoms with E-state index in [1.165, 1.54) is 16.2 Å². The molecule has 1 amide bonds. The van der Waals surface area contributed by atoms with E-state index in [0.29, 0.717) is 23.3 Å². The minimum Gasteiger partial charge on any atom is -0.497 e. The fraction of sp³-hybridized carbons (Fsp3) is 0.368. The molecule has 0 fully saturated rings. The molecule has 9 heteroatoms. The first-order valence-electron chi connectivity index (χ1n) is 9.18. The van der Waals surface area contributed by atoms with Gasteiger partial charge in [0.25, 0.3) is 0 Å². The monoisotopic (exact) mass is 400 g/mol. The number of aromatic nitrogens is 3. The lowest BCUT2D eigenvalue weighted by Gasteiger charge is -2.17. The van der Waals surface area contributed by atoms with Crippen molar-refractivity contribution in [3.05, 3.63) is 36.0 Å². The van der Waals surface area contributed by atoms with E-state index in [1.807, 2.05) is 18.2 Å². The summed E-state index contributed by atoms with van der Waals surface area (Å²) >= 11 is 1.42. The van der Waals surface area contributed by atoms with Crippen molar-refractivity contribution < 1.29 is 19.0 Å². The molecule has 1 atom stereocenters. The van der Waals surface area contributed by atoms with Crippen molar-refractivity contribution in [1.29, 1.82) is 0 Å². The lowest BCUT2D eigenvalue weighted by atomic mass is 10.1. The van der Waals surface area contributed by atoms with Crippen molar-refractivity contribution in [2.75, 3.05) is 32.6 Å². The number of nitrogens with one attached hydrogen (secondary N) is 2. The summed E-state index contributed by atoms with van der Waals surface area (Å²) < 4.78 is 11.5. The highest BCUT2D eigenvalue weighted by Crippen LogP contribution is 2.29. The number of hydrogen-bond donors (Lipinski definition) is 2. The second-order valence-corrected chi connectivity index (χ2v) is 7.83. The maximum Gasteiger partial charge on any atom is 0.227 e. The van der Waals surface area contributed by atoms with Crippen molar-refractivity contribution in [2.45, 2.75) is 19.3 Å². The van der Waals surface area contributed by atoms with E-state index < -0.39 is 0 Å². The van der Waals surface area contributed by atoms with Crippen LogP contribution in [0.25, 0.3) is 15.8 Å². The van der Waals surface area contributed by atoms with Crippen molar-refractivity contribution >= 4 is 38.2 Å². The maximum atomic E-state index is 12.3. The maximum absolute atomic E-state index is 12.3. The summed E-state index contributed by atoms with van der Waals surface area (Å²) in [6, 6.07) is 5.63. The number of likely N-dealkylation sites (N-methyl/N-ethyl adjacent to an activating group) is 1. The van der Waals surface area contributed by atoms with Crippen LogP contribution in [0.4, 0.5) is 5.13 Å². The van der Waals surface area contributed by atoms with Crippen LogP contribution >= 0.6 is 11.3 Å². The molecule has 2 N–H and O–H groups in total. The number of quaternary nitrogens is 1. The Labute approximate surface area is 166 Å². The number of aryl methyl sites for hydroxylation is 1. The summed E-state index contributed by atoms with van der Waals surface area (Å²) in [4.78, 5) is 22.6. The Morgan fingerprint density at radius 3 is 3.07 bits per heavy atom. The molecule has 8 nitrogen and oxygen atoms in total. The smallest absolute Gasteiger partial charge is 0.227 e. The van der Waals surface area contributed by atoms with Gasteiger partial charge >= 0.3 is 0 Å². The molecule has 1 aromatic carbocycles. The Balaban J connectivity index is 1.33. The summed E-state index contributed by atoms with van der Waals surface area (Å²) in [6.45, 7) is 2.03. The van der Waals surface area contributed by atoms with E-state index >= 15 is 0 Å². The topological polar surface area (TPSA) is 94.6 Å². The lowest BCUT2D eigenvalue weighted by molar-refractivity contribution is -0.874. The van der Waals surface area contributed by atoms with Crippen LogP contribution in [0.15, 0.2) is 28.8 Å². The van der Waals surface area contributed by atoms with Crippen LogP contribution in [0.5, 0.6) is 5.75 Å². The van der Waals surface area contributed by atoms with Crippen LogP contribution in [-0.2, 0) is 11.2 Å². The number of carbonyl (C=O) groups excluding carboxylic acids is 1. The predicted octanol–water partition coefficient (Wildman–Crippen LogP) is 1.56. The third kappa shape index (κ3) is 4.20. The summed E-state index contributed by atoms with van der Waals surface area (Å²) in [7, 11) is 3.79. The minimum absolute atomic E-state index is 0.132. The van der Waals surface area contributed by atoms with Crippen LogP contribution in [0, 0.1) is 0 Å². The van der Waals surface area contributed by atoms with Crippen molar-refractivity contribution in [3.63, 3.8) is 0 Å². The van der Waals surface area contributed by atoms with Gasteiger partial charge in [0.1, 0.15) is 5.75 Å². The van der Waals surface area contributed by atoms with E-state index in [-0.39, 0.29) is 12.3 Å². The van der Waals surface area contributed by atoms with Gasteiger partial charge < -0.3 is 19.5 Å². The van der Waals surface area contributed by atoms with E-state index in [1.54, 1.807) is 7.11 Å². The number of ether oxygens (including phenoxy) is 1. The zero-order valence-electron chi connectivity index (χ0n) is 15.8. The van der Waals surface area contributed by atoms with Gasteiger partial charge in [-0.05, 0) is 24.3 Å². The summed E-state index contributed by atoms with van der Waals surface area (Å²) in [6.07, 6.45) is 3.75. The van der Waals surface area contributed by atoms with Gasteiger partial charge in [0.15, 0.2) is 11.0 Å². The number of benzene rings is 1. The fourth-order valence-electron chi connectivity index (χ4n) is 3.03. The second-order valence-electron chi connectivity index (χ2n) is 6.80. The van der Waals surface area contributed by atoms with Crippen LogP contribution in [0.2, 0.25) is 0 Å². The molecule has 1 aliphatic heterocycles. The normalized spacial score (nSPS) is 16.8. The van der Waals surface area contributed by atoms with Gasteiger partial charge in [-0.3, -0.25) is 4.79 Å². The minimum atomic E-state index is -0.132. The molecule has 146 valence electrons. The molecule has 28 heavy (non-hydrogen) atoms. The number of anilines is 1. The number of amides is 1. The fourth-order valence-corrected chi connectivity index (χ4v) is 3.94. The first-order chi connectivity index (χ1) is 13.6. The molecule has 0 aliphatic carbocycles. The van der Waals surface area contributed by atoms with E-state index in [0.717, 1.165) is 41.0 Å². The number of hydrogen-bond acceptors (Lipinski definition) is 7. The third-order valence-corrected chi connectivity index (χ3v) is 5.61. The quantitative estimate of drug-likeness (QED) is 0.652. The molecule has 0 saturated heterocycles. The van der Waals surface area contributed by atoms with Crippen molar-refractivity contribution in [1.82, 2.24) is 15.1 Å². The second kappa shape index (κ2) is 8.07. The molecular formula is C19H22N5O3S+. The van der Waals surface area contributed by atoms with E-state index in [4.69, 9.17) is 9.26 Å². The largest absolute Gasteiger partial charge is 0.497 e. The summed E-state index contributed by atoms with van der Waals surface area (Å²) in [5.74, 6) is 1.75. The Bertz CT molecular complexity index is 1030. The standard InChI is InChI=1S/C19H21N5O3S/c1-24-9-7-12(8-10-24)18-22-17(27-23-18)6-5-16(25)21-19-20-14-4-3-13(26-2)11-15(14)28-19/h3-4,7,11H,5-6,8-10H2,1-2H3,(H,20,21,25)/p+1. The molecule has 3 aromatic rings. The molecule has 1 aliphatic rings. The average molecular weight is 400 g/mol. The van der Waals surface area contributed by atoms with E-state index in [2.05, 4.69) is 33.6 Å². The van der Waals surface area contributed by atoms with Crippen LogP contribution < -0.4 is 15.0 Å². The van der Waals surface area contributed by atoms with Gasteiger partial charge in [0.2, 0.25) is 11.8 Å². The van der Waals surface area contributed by atoms with Crippen LogP contribution in [0.3, 0.4) is 0 Å². The number of fused-ring (bicyclic) bond motifs is 1. The molecule has 0 bridgehead atoms. The molecule has 0 radical (unpaired) electrons. The number of methoxy groups -OCH3 is 1. The number of nitrogens with zero attached hydrogens (tertiary/aromatic N) is 3. The van der Waals surface area contributed by atoms with Gasteiger partial charge in [-0.15, -0.1) is 0 Å². The van der Waals surface area contributed by atoms with Crippen molar-refractivity contribution in [2.24, 2.45) is 0 Å². The SMILES string of the molecule is COc1ccc2nc(NC(=O)CCc3nc(C4=CC[NH+](C)CC4)no3)sc2c1. The van der Waals surface area contributed by atoms with Gasteiger partial charge in [-0.2, -0.15) is 4.98 Å². The average Bonchev–Trinajstić information content (AvgIpc) is 3.32.